The minimum atomic E-state index is -0.470. The van der Waals surface area contributed by atoms with E-state index >= 15 is 0 Å². The number of benzene rings is 1. The van der Waals surface area contributed by atoms with Crippen LogP contribution in [0.25, 0.3) is 0 Å². The standard InChI is InChI=1S/C15H19N3O/c1-15(9-3-4-13(15)17)14(19)18(2)12-7-5-11(10-16)6-8-12/h5-8,13H,3-4,9,17H2,1-2H3. The first kappa shape index (κ1) is 13.6. The van der Waals surface area contributed by atoms with E-state index in [9.17, 15) is 4.79 Å². The molecule has 2 rings (SSSR count). The van der Waals surface area contributed by atoms with Gasteiger partial charge in [-0.05, 0) is 44.0 Å². The molecule has 0 aromatic heterocycles. The number of rotatable bonds is 2. The van der Waals surface area contributed by atoms with Gasteiger partial charge in [0.1, 0.15) is 0 Å². The Hall–Kier alpha value is -1.86. The Balaban J connectivity index is 2.21. The van der Waals surface area contributed by atoms with Gasteiger partial charge in [-0.15, -0.1) is 0 Å². The van der Waals surface area contributed by atoms with Crippen LogP contribution in [0.3, 0.4) is 0 Å². The summed E-state index contributed by atoms with van der Waals surface area (Å²) in [6.07, 6.45) is 2.75. The van der Waals surface area contributed by atoms with E-state index in [-0.39, 0.29) is 11.9 Å². The average molecular weight is 257 g/mol. The molecule has 1 aliphatic carbocycles. The zero-order valence-corrected chi connectivity index (χ0v) is 11.4. The monoisotopic (exact) mass is 257 g/mol. The number of amides is 1. The molecule has 1 saturated carbocycles. The van der Waals surface area contributed by atoms with E-state index < -0.39 is 5.41 Å². The van der Waals surface area contributed by atoms with Crippen molar-refractivity contribution in [3.05, 3.63) is 29.8 Å². The number of anilines is 1. The van der Waals surface area contributed by atoms with Crippen LogP contribution in [0.2, 0.25) is 0 Å². The van der Waals surface area contributed by atoms with Crippen LogP contribution < -0.4 is 10.6 Å². The fourth-order valence-corrected chi connectivity index (χ4v) is 2.72. The Bertz CT molecular complexity index is 517. The number of nitrogens with zero attached hydrogens (tertiary/aromatic N) is 2. The third-order valence-corrected chi connectivity index (χ3v) is 4.21. The highest BCUT2D eigenvalue weighted by atomic mass is 16.2. The first-order valence-electron chi connectivity index (χ1n) is 6.53. The Kier molecular flexibility index (Phi) is 3.59. The summed E-state index contributed by atoms with van der Waals surface area (Å²) in [6.45, 7) is 1.95. The second-order valence-electron chi connectivity index (χ2n) is 5.44. The lowest BCUT2D eigenvalue weighted by atomic mass is 9.83. The molecule has 1 aliphatic rings. The van der Waals surface area contributed by atoms with Crippen molar-refractivity contribution in [2.45, 2.75) is 32.2 Å². The van der Waals surface area contributed by atoms with Gasteiger partial charge in [0.15, 0.2) is 0 Å². The summed E-state index contributed by atoms with van der Waals surface area (Å²) in [5, 5.41) is 8.78. The number of hydrogen-bond donors (Lipinski definition) is 1. The van der Waals surface area contributed by atoms with Gasteiger partial charge in [-0.2, -0.15) is 5.26 Å². The van der Waals surface area contributed by atoms with E-state index in [1.165, 1.54) is 0 Å². The number of hydrogen-bond acceptors (Lipinski definition) is 3. The largest absolute Gasteiger partial charge is 0.327 e. The highest BCUT2D eigenvalue weighted by molar-refractivity contribution is 5.97. The maximum atomic E-state index is 12.6. The number of carbonyl (C=O) groups is 1. The zero-order valence-electron chi connectivity index (χ0n) is 11.4. The quantitative estimate of drug-likeness (QED) is 0.881. The molecular weight excluding hydrogens is 238 g/mol. The van der Waals surface area contributed by atoms with Crippen LogP contribution in [-0.4, -0.2) is 19.0 Å². The minimum absolute atomic E-state index is 0.0576. The molecule has 0 spiro atoms. The van der Waals surface area contributed by atoms with E-state index in [4.69, 9.17) is 11.0 Å². The molecule has 4 nitrogen and oxygen atoms in total. The molecule has 0 aliphatic heterocycles. The van der Waals surface area contributed by atoms with Gasteiger partial charge in [0.25, 0.3) is 0 Å². The van der Waals surface area contributed by atoms with Gasteiger partial charge in [0, 0.05) is 18.8 Å². The molecule has 2 unspecified atom stereocenters. The van der Waals surface area contributed by atoms with Crippen molar-refractivity contribution in [2.24, 2.45) is 11.1 Å². The second kappa shape index (κ2) is 5.02. The minimum Gasteiger partial charge on any atom is -0.327 e. The van der Waals surface area contributed by atoms with Gasteiger partial charge in [-0.3, -0.25) is 4.79 Å². The molecule has 2 N–H and O–H groups in total. The second-order valence-corrected chi connectivity index (χ2v) is 5.44. The van der Waals surface area contributed by atoms with E-state index in [0.29, 0.717) is 5.56 Å². The molecule has 100 valence electrons. The molecule has 2 atom stereocenters. The molecule has 0 saturated heterocycles. The van der Waals surface area contributed by atoms with Gasteiger partial charge in [-0.25, -0.2) is 0 Å². The smallest absolute Gasteiger partial charge is 0.234 e. The normalized spacial score (nSPS) is 25.9. The Morgan fingerprint density at radius 2 is 2.11 bits per heavy atom. The number of nitriles is 1. The summed E-state index contributed by atoms with van der Waals surface area (Å²) in [4.78, 5) is 14.3. The van der Waals surface area contributed by atoms with Crippen molar-refractivity contribution >= 4 is 11.6 Å². The zero-order chi connectivity index (χ0) is 14.0. The highest BCUT2D eigenvalue weighted by Crippen LogP contribution is 2.38. The van der Waals surface area contributed by atoms with E-state index in [2.05, 4.69) is 6.07 Å². The van der Waals surface area contributed by atoms with Crippen molar-refractivity contribution in [1.82, 2.24) is 0 Å². The van der Waals surface area contributed by atoms with Crippen LogP contribution in [0.4, 0.5) is 5.69 Å². The molecule has 1 aromatic rings. The van der Waals surface area contributed by atoms with Crippen LogP contribution >= 0.6 is 0 Å². The van der Waals surface area contributed by atoms with Crippen LogP contribution in [0, 0.1) is 16.7 Å². The third kappa shape index (κ3) is 2.34. The molecular formula is C15H19N3O. The summed E-state index contributed by atoms with van der Waals surface area (Å²) in [7, 11) is 1.76. The summed E-state index contributed by atoms with van der Waals surface area (Å²) in [5.74, 6) is 0.0576. The van der Waals surface area contributed by atoms with Crippen molar-refractivity contribution < 1.29 is 4.79 Å². The van der Waals surface area contributed by atoms with Crippen molar-refractivity contribution in [2.75, 3.05) is 11.9 Å². The molecule has 1 fully saturated rings. The lowest BCUT2D eigenvalue weighted by Gasteiger charge is -2.32. The van der Waals surface area contributed by atoms with Crippen LogP contribution in [-0.2, 0) is 4.79 Å². The van der Waals surface area contributed by atoms with E-state index in [1.807, 2.05) is 6.92 Å². The Morgan fingerprint density at radius 3 is 2.58 bits per heavy atom. The molecule has 1 aromatic carbocycles. The predicted molar refractivity (Wildman–Crippen MR) is 74.5 cm³/mol. The van der Waals surface area contributed by atoms with Crippen LogP contribution in [0.15, 0.2) is 24.3 Å². The maximum Gasteiger partial charge on any atom is 0.234 e. The summed E-state index contributed by atoms with van der Waals surface area (Å²) in [6, 6.07) is 9.02. The lowest BCUT2D eigenvalue weighted by molar-refractivity contribution is -0.127. The molecule has 0 radical (unpaired) electrons. The van der Waals surface area contributed by atoms with Gasteiger partial charge in [0.2, 0.25) is 5.91 Å². The topological polar surface area (TPSA) is 70.1 Å². The van der Waals surface area contributed by atoms with Crippen molar-refractivity contribution in [3.63, 3.8) is 0 Å². The molecule has 0 heterocycles. The number of carbonyl (C=O) groups excluding carboxylic acids is 1. The molecule has 0 bridgehead atoms. The van der Waals surface area contributed by atoms with Crippen molar-refractivity contribution in [1.29, 1.82) is 5.26 Å². The first-order valence-corrected chi connectivity index (χ1v) is 6.53. The first-order chi connectivity index (χ1) is 8.99. The Morgan fingerprint density at radius 1 is 1.47 bits per heavy atom. The number of nitrogens with two attached hydrogens (primary N) is 1. The average Bonchev–Trinajstić information content (AvgIpc) is 2.78. The van der Waals surface area contributed by atoms with Crippen molar-refractivity contribution in [3.8, 4) is 6.07 Å². The van der Waals surface area contributed by atoms with Crippen LogP contribution in [0.1, 0.15) is 31.7 Å². The highest BCUT2D eigenvalue weighted by Gasteiger charge is 2.44. The molecule has 19 heavy (non-hydrogen) atoms. The van der Waals surface area contributed by atoms with Gasteiger partial charge in [-0.1, -0.05) is 6.42 Å². The van der Waals surface area contributed by atoms with Gasteiger partial charge >= 0.3 is 0 Å². The van der Waals surface area contributed by atoms with Gasteiger partial charge in [0.05, 0.1) is 17.0 Å². The fourth-order valence-electron chi connectivity index (χ4n) is 2.72. The van der Waals surface area contributed by atoms with E-state index in [0.717, 1.165) is 24.9 Å². The SMILES string of the molecule is CN(C(=O)C1(C)CCCC1N)c1ccc(C#N)cc1. The van der Waals surface area contributed by atoms with Crippen LogP contribution in [0.5, 0.6) is 0 Å². The fraction of sp³-hybridized carbons (Fsp3) is 0.467. The summed E-state index contributed by atoms with van der Waals surface area (Å²) >= 11 is 0. The molecule has 4 heteroatoms. The third-order valence-electron chi connectivity index (χ3n) is 4.21. The van der Waals surface area contributed by atoms with E-state index in [1.54, 1.807) is 36.2 Å². The predicted octanol–water partition coefficient (Wildman–Crippen LogP) is 2.04. The molecule has 1 amide bonds. The maximum absolute atomic E-state index is 12.6. The lowest BCUT2D eigenvalue weighted by Crippen LogP contribution is -2.48. The Labute approximate surface area is 113 Å². The van der Waals surface area contributed by atoms with Gasteiger partial charge < -0.3 is 10.6 Å². The summed E-state index contributed by atoms with van der Waals surface area (Å²) in [5.41, 5.74) is 7.00. The summed E-state index contributed by atoms with van der Waals surface area (Å²) < 4.78 is 0.